The van der Waals surface area contributed by atoms with E-state index in [2.05, 4.69) is 10.3 Å². The highest BCUT2D eigenvalue weighted by molar-refractivity contribution is 6.29. The van der Waals surface area contributed by atoms with Gasteiger partial charge in [-0.2, -0.15) is 13.2 Å². The second kappa shape index (κ2) is 12.5. The van der Waals surface area contributed by atoms with Crippen LogP contribution in [0, 0.1) is 13.8 Å². The number of aromatic nitrogens is 1. The first-order valence-corrected chi connectivity index (χ1v) is 13.8. The van der Waals surface area contributed by atoms with Crippen LogP contribution in [0.5, 0.6) is 11.5 Å². The summed E-state index contributed by atoms with van der Waals surface area (Å²) >= 11 is 6.07. The number of fused-ring (bicyclic) bond motifs is 1. The summed E-state index contributed by atoms with van der Waals surface area (Å²) < 4.78 is 45.4. The molecule has 0 bridgehead atoms. The molecular formula is C32H25ClF3N3O5. The number of hydrogen-bond donors (Lipinski definition) is 1. The van der Waals surface area contributed by atoms with Gasteiger partial charge in [-0.15, -0.1) is 5.06 Å². The van der Waals surface area contributed by atoms with Crippen molar-refractivity contribution in [3.63, 3.8) is 0 Å². The zero-order valence-corrected chi connectivity index (χ0v) is 24.2. The molecule has 226 valence electrons. The van der Waals surface area contributed by atoms with Gasteiger partial charge in [-0.1, -0.05) is 53.6 Å². The Hall–Kier alpha value is -4.74. The van der Waals surface area contributed by atoms with Crippen LogP contribution in [0.15, 0.2) is 79.0 Å². The third-order valence-electron chi connectivity index (χ3n) is 6.93. The van der Waals surface area contributed by atoms with Crippen LogP contribution in [0.1, 0.15) is 53.3 Å². The van der Waals surface area contributed by atoms with Crippen LogP contribution < -0.4 is 10.1 Å². The Morgan fingerprint density at radius 2 is 1.68 bits per heavy atom. The fraction of sp³-hybridized carbons (Fsp3) is 0.188. The van der Waals surface area contributed by atoms with Crippen LogP contribution >= 0.6 is 11.6 Å². The van der Waals surface area contributed by atoms with Gasteiger partial charge in [0, 0.05) is 0 Å². The smallest absolute Gasteiger partial charge is 0.416 e. The van der Waals surface area contributed by atoms with Gasteiger partial charge in [-0.3, -0.25) is 19.2 Å². The highest BCUT2D eigenvalue weighted by atomic mass is 35.5. The van der Waals surface area contributed by atoms with Crippen molar-refractivity contribution < 1.29 is 37.1 Å². The van der Waals surface area contributed by atoms with E-state index in [1.54, 1.807) is 12.1 Å². The minimum absolute atomic E-state index is 0.0558. The van der Waals surface area contributed by atoms with E-state index < -0.39 is 35.5 Å². The third-order valence-corrected chi connectivity index (χ3v) is 7.14. The molecule has 5 rings (SSSR count). The Bertz CT molecular complexity index is 1730. The lowest BCUT2D eigenvalue weighted by molar-refractivity contribution is -0.137. The standard InChI is InChI=1S/C32H25ClF3N3O5/c1-18-10-11-20(19(2)12-18)13-22(17-43-39-30(41)24-8-3-4-9-25(24)31(39)42)38-29(40)26-15-28(33)37-16-27(26)44-23-7-5-6-21(14-23)32(34,35)36/h3-12,14-16,22H,13,17H2,1-2H3,(H,38,40). The third kappa shape index (κ3) is 6.74. The van der Waals surface area contributed by atoms with Crippen LogP contribution in [-0.2, 0) is 17.4 Å². The number of ether oxygens (including phenoxy) is 1. The van der Waals surface area contributed by atoms with Crippen LogP contribution in [0.25, 0.3) is 0 Å². The average Bonchev–Trinajstić information content (AvgIpc) is 3.22. The van der Waals surface area contributed by atoms with Gasteiger partial charge in [0.1, 0.15) is 10.9 Å². The number of hydrogen-bond acceptors (Lipinski definition) is 6. The maximum absolute atomic E-state index is 13.6. The number of aryl methyl sites for hydroxylation is 2. The summed E-state index contributed by atoms with van der Waals surface area (Å²) in [6.45, 7) is 3.59. The normalized spacial score (nSPS) is 13.5. The monoisotopic (exact) mass is 623 g/mol. The van der Waals surface area contributed by atoms with Crippen LogP contribution in [0.3, 0.4) is 0 Å². The lowest BCUT2D eigenvalue weighted by Gasteiger charge is -2.23. The molecule has 44 heavy (non-hydrogen) atoms. The zero-order valence-electron chi connectivity index (χ0n) is 23.4. The topological polar surface area (TPSA) is 97.8 Å². The number of hydroxylamine groups is 2. The highest BCUT2D eigenvalue weighted by Gasteiger charge is 2.37. The number of benzene rings is 3. The summed E-state index contributed by atoms with van der Waals surface area (Å²) in [5.41, 5.74) is 2.24. The maximum atomic E-state index is 13.6. The number of imide groups is 1. The summed E-state index contributed by atoms with van der Waals surface area (Å²) in [6, 6.07) is 16.7. The first-order valence-electron chi connectivity index (χ1n) is 13.4. The largest absolute Gasteiger partial charge is 0.455 e. The van der Waals surface area contributed by atoms with E-state index in [9.17, 15) is 27.6 Å². The van der Waals surface area contributed by atoms with E-state index in [-0.39, 0.29) is 46.4 Å². The van der Waals surface area contributed by atoms with Gasteiger partial charge in [0.2, 0.25) is 0 Å². The Kier molecular flexibility index (Phi) is 8.70. The number of carbonyl (C=O) groups is 3. The lowest BCUT2D eigenvalue weighted by Crippen LogP contribution is -2.43. The Balaban J connectivity index is 1.40. The van der Waals surface area contributed by atoms with E-state index in [4.69, 9.17) is 21.2 Å². The number of alkyl halides is 3. The van der Waals surface area contributed by atoms with Gasteiger partial charge >= 0.3 is 6.18 Å². The van der Waals surface area contributed by atoms with Crippen LogP contribution in [-0.4, -0.2) is 40.4 Å². The average molecular weight is 624 g/mol. The lowest BCUT2D eigenvalue weighted by atomic mass is 9.99. The van der Waals surface area contributed by atoms with Crippen molar-refractivity contribution in [2.45, 2.75) is 32.5 Å². The molecule has 3 amide bonds. The predicted octanol–water partition coefficient (Wildman–Crippen LogP) is 6.73. The minimum Gasteiger partial charge on any atom is -0.455 e. The maximum Gasteiger partial charge on any atom is 0.416 e. The first-order chi connectivity index (χ1) is 20.9. The van der Waals surface area contributed by atoms with Crippen molar-refractivity contribution in [3.05, 3.63) is 123 Å². The second-order valence-electron chi connectivity index (χ2n) is 10.2. The summed E-state index contributed by atoms with van der Waals surface area (Å²) in [6.07, 6.45) is -3.21. The second-order valence-corrected chi connectivity index (χ2v) is 10.6. The predicted molar refractivity (Wildman–Crippen MR) is 155 cm³/mol. The van der Waals surface area contributed by atoms with E-state index in [0.717, 1.165) is 35.0 Å². The van der Waals surface area contributed by atoms with Gasteiger partial charge in [0.05, 0.1) is 41.1 Å². The number of amides is 3. The molecule has 0 saturated carbocycles. The number of pyridine rings is 1. The number of nitrogens with zero attached hydrogens (tertiary/aromatic N) is 2. The highest BCUT2D eigenvalue weighted by Crippen LogP contribution is 2.34. The molecule has 1 aliphatic heterocycles. The van der Waals surface area contributed by atoms with E-state index in [0.29, 0.717) is 5.06 Å². The fourth-order valence-electron chi connectivity index (χ4n) is 4.74. The quantitative estimate of drug-likeness (QED) is 0.164. The molecule has 0 radical (unpaired) electrons. The van der Waals surface area contributed by atoms with Crippen LogP contribution in [0.4, 0.5) is 13.2 Å². The summed E-state index contributed by atoms with van der Waals surface area (Å²) in [4.78, 5) is 48.9. The van der Waals surface area contributed by atoms with E-state index in [1.165, 1.54) is 30.3 Å². The summed E-state index contributed by atoms with van der Waals surface area (Å²) in [5, 5.41) is 3.44. The zero-order chi connectivity index (χ0) is 31.6. The molecule has 1 atom stereocenters. The molecule has 0 aliphatic carbocycles. The van der Waals surface area contributed by atoms with Gasteiger partial charge in [0.15, 0.2) is 5.75 Å². The molecule has 1 aromatic heterocycles. The van der Waals surface area contributed by atoms with Crippen LogP contribution in [0.2, 0.25) is 5.15 Å². The Morgan fingerprint density at radius 1 is 0.977 bits per heavy atom. The van der Waals surface area contributed by atoms with Crippen molar-refractivity contribution in [3.8, 4) is 11.5 Å². The number of rotatable bonds is 9. The number of carbonyl (C=O) groups excluding carboxylic acids is 3. The molecule has 4 aromatic rings. The van der Waals surface area contributed by atoms with Gasteiger partial charge in [-0.05, 0) is 67.8 Å². The molecule has 8 nitrogen and oxygen atoms in total. The molecule has 1 unspecified atom stereocenters. The summed E-state index contributed by atoms with van der Waals surface area (Å²) in [5.74, 6) is -2.26. The first kappa shape index (κ1) is 30.7. The van der Waals surface area contributed by atoms with Crippen molar-refractivity contribution in [2.24, 2.45) is 0 Å². The van der Waals surface area contributed by atoms with Crippen molar-refractivity contribution >= 4 is 29.3 Å². The van der Waals surface area contributed by atoms with Gasteiger partial charge in [-0.25, -0.2) is 4.98 Å². The SMILES string of the molecule is Cc1ccc(CC(CON2C(=O)c3ccccc3C2=O)NC(=O)c2cc(Cl)ncc2Oc2cccc(C(F)(F)F)c2)c(C)c1. The number of nitrogens with one attached hydrogen (secondary N) is 1. The molecular weight excluding hydrogens is 599 g/mol. The molecule has 2 heterocycles. The molecule has 3 aromatic carbocycles. The molecule has 0 spiro atoms. The molecule has 1 aliphatic rings. The Morgan fingerprint density at radius 3 is 2.34 bits per heavy atom. The Labute approximate surface area is 255 Å². The van der Waals surface area contributed by atoms with E-state index >= 15 is 0 Å². The van der Waals surface area contributed by atoms with Gasteiger partial charge in [0.25, 0.3) is 17.7 Å². The van der Waals surface area contributed by atoms with Crippen molar-refractivity contribution in [2.75, 3.05) is 6.61 Å². The van der Waals surface area contributed by atoms with E-state index in [1.807, 2.05) is 32.0 Å². The summed E-state index contributed by atoms with van der Waals surface area (Å²) in [7, 11) is 0. The van der Waals surface area contributed by atoms with Crippen molar-refractivity contribution in [1.29, 1.82) is 0 Å². The molecule has 12 heteroatoms. The number of halogens is 4. The van der Waals surface area contributed by atoms with Crippen molar-refractivity contribution in [1.82, 2.24) is 15.4 Å². The molecule has 1 N–H and O–H groups in total. The molecule has 0 saturated heterocycles. The van der Waals surface area contributed by atoms with Gasteiger partial charge < -0.3 is 10.1 Å². The fourth-order valence-corrected chi connectivity index (χ4v) is 4.90. The minimum atomic E-state index is -4.60. The molecule has 0 fully saturated rings.